The SMILES string of the molecule is N#C/C(=C\N1C(=O)/C(=C/c2cccc(N([O-])O)c2)SC1=S)c1nc2ccccc2s1. The van der Waals surface area contributed by atoms with Gasteiger partial charge in [0.15, 0.2) is 4.32 Å². The molecule has 0 spiro atoms. The average molecular weight is 452 g/mol. The Kier molecular flexibility index (Phi) is 5.63. The van der Waals surface area contributed by atoms with Crippen molar-refractivity contribution in [3.05, 3.63) is 75.4 Å². The van der Waals surface area contributed by atoms with E-state index in [0.29, 0.717) is 15.5 Å². The van der Waals surface area contributed by atoms with Gasteiger partial charge in [0.25, 0.3) is 5.91 Å². The Morgan fingerprint density at radius 3 is 2.83 bits per heavy atom. The van der Waals surface area contributed by atoms with Gasteiger partial charge in [-0.15, -0.1) is 11.3 Å². The van der Waals surface area contributed by atoms with Crippen molar-refractivity contribution in [1.29, 1.82) is 5.26 Å². The van der Waals surface area contributed by atoms with Crippen LogP contribution in [0.3, 0.4) is 0 Å². The Bertz CT molecular complexity index is 1240. The summed E-state index contributed by atoms with van der Waals surface area (Å²) in [6.45, 7) is 0. The van der Waals surface area contributed by atoms with Gasteiger partial charge in [-0.25, -0.2) is 4.98 Å². The highest BCUT2D eigenvalue weighted by atomic mass is 32.2. The van der Waals surface area contributed by atoms with E-state index < -0.39 is 0 Å². The number of nitrogens with zero attached hydrogens (tertiary/aromatic N) is 4. The monoisotopic (exact) mass is 451 g/mol. The summed E-state index contributed by atoms with van der Waals surface area (Å²) in [5.41, 5.74) is 1.61. The zero-order valence-electron chi connectivity index (χ0n) is 15.1. The number of aromatic nitrogens is 1. The quantitative estimate of drug-likeness (QED) is 0.262. The lowest BCUT2D eigenvalue weighted by atomic mass is 10.2. The van der Waals surface area contributed by atoms with Crippen molar-refractivity contribution in [2.45, 2.75) is 0 Å². The van der Waals surface area contributed by atoms with E-state index in [1.807, 2.05) is 24.3 Å². The van der Waals surface area contributed by atoms with Crippen LogP contribution >= 0.6 is 35.3 Å². The van der Waals surface area contributed by atoms with Crippen LogP contribution in [-0.4, -0.2) is 25.3 Å². The minimum atomic E-state index is -0.382. The summed E-state index contributed by atoms with van der Waals surface area (Å²) in [6.07, 6.45) is 2.98. The second-order valence-electron chi connectivity index (χ2n) is 6.06. The lowest BCUT2D eigenvalue weighted by Crippen LogP contribution is -2.22. The molecule has 148 valence electrons. The van der Waals surface area contributed by atoms with E-state index in [0.717, 1.165) is 22.0 Å². The third-order valence-electron chi connectivity index (χ3n) is 4.12. The fraction of sp³-hybridized carbons (Fsp3) is 0. The lowest BCUT2D eigenvalue weighted by molar-refractivity contribution is -0.120. The first-order valence-electron chi connectivity index (χ1n) is 8.47. The van der Waals surface area contributed by atoms with Crippen LogP contribution in [0.2, 0.25) is 0 Å². The van der Waals surface area contributed by atoms with Gasteiger partial charge in [0, 0.05) is 6.20 Å². The molecule has 0 saturated carbocycles. The fourth-order valence-corrected chi connectivity index (χ4v) is 4.86. The number of benzene rings is 2. The molecule has 1 amide bonds. The van der Waals surface area contributed by atoms with Crippen LogP contribution in [0, 0.1) is 16.5 Å². The van der Waals surface area contributed by atoms with Crippen LogP contribution in [0.5, 0.6) is 0 Å². The number of hydrogen-bond donors (Lipinski definition) is 1. The molecule has 0 radical (unpaired) electrons. The first-order valence-corrected chi connectivity index (χ1v) is 10.5. The Hall–Kier alpha value is -3.07. The molecule has 30 heavy (non-hydrogen) atoms. The average Bonchev–Trinajstić information content (AvgIpc) is 3.27. The summed E-state index contributed by atoms with van der Waals surface area (Å²) < 4.78 is 1.22. The Balaban J connectivity index is 1.65. The molecule has 1 aliphatic heterocycles. The van der Waals surface area contributed by atoms with Gasteiger partial charge < -0.3 is 10.4 Å². The van der Waals surface area contributed by atoms with E-state index in [4.69, 9.17) is 17.4 Å². The molecule has 1 aromatic heterocycles. The number of nitriles is 1. The molecule has 0 atom stereocenters. The minimum absolute atomic E-state index is 0.0433. The first kappa shape index (κ1) is 20.2. The smallest absolute Gasteiger partial charge is 0.270 e. The second-order valence-corrected chi connectivity index (χ2v) is 8.77. The molecular weight excluding hydrogens is 440 g/mol. The summed E-state index contributed by atoms with van der Waals surface area (Å²) >= 11 is 7.77. The zero-order valence-corrected chi connectivity index (χ0v) is 17.5. The number of hydrogen-bond acceptors (Lipinski definition) is 9. The van der Waals surface area contributed by atoms with Crippen LogP contribution in [0.15, 0.2) is 59.6 Å². The third kappa shape index (κ3) is 3.97. The van der Waals surface area contributed by atoms with Crippen LogP contribution < -0.4 is 5.23 Å². The number of carbonyl (C=O) groups is 1. The number of thiazole rings is 1. The highest BCUT2D eigenvalue weighted by Crippen LogP contribution is 2.35. The molecule has 2 aromatic carbocycles. The maximum absolute atomic E-state index is 12.9. The maximum atomic E-state index is 12.9. The van der Waals surface area contributed by atoms with Gasteiger partial charge in [-0.2, -0.15) is 5.26 Å². The first-order chi connectivity index (χ1) is 14.5. The molecule has 1 N–H and O–H groups in total. The van der Waals surface area contributed by atoms with Crippen molar-refractivity contribution in [1.82, 2.24) is 9.88 Å². The molecular formula is C20H11N4O3S3-. The number of fused-ring (bicyclic) bond motifs is 1. The lowest BCUT2D eigenvalue weighted by Gasteiger charge is -2.21. The second kappa shape index (κ2) is 8.35. The Morgan fingerprint density at radius 2 is 2.10 bits per heavy atom. The number of thiocarbonyl (C=S) groups is 1. The van der Waals surface area contributed by atoms with Gasteiger partial charge in [-0.3, -0.25) is 14.9 Å². The van der Waals surface area contributed by atoms with Gasteiger partial charge >= 0.3 is 0 Å². The van der Waals surface area contributed by atoms with E-state index in [2.05, 4.69) is 11.1 Å². The summed E-state index contributed by atoms with van der Waals surface area (Å²) in [7, 11) is 0. The van der Waals surface area contributed by atoms with Gasteiger partial charge in [0.2, 0.25) is 0 Å². The van der Waals surface area contributed by atoms with Crippen LogP contribution in [-0.2, 0) is 4.79 Å². The Morgan fingerprint density at radius 1 is 1.30 bits per heavy atom. The summed E-state index contributed by atoms with van der Waals surface area (Å²) in [4.78, 5) is 18.9. The van der Waals surface area contributed by atoms with Gasteiger partial charge in [-0.05, 0) is 35.9 Å². The van der Waals surface area contributed by atoms with E-state index in [1.54, 1.807) is 18.2 Å². The summed E-state index contributed by atoms with van der Waals surface area (Å²) in [6, 6.07) is 15.8. The van der Waals surface area contributed by atoms with Crippen molar-refractivity contribution in [2.24, 2.45) is 0 Å². The highest BCUT2D eigenvalue weighted by Gasteiger charge is 2.31. The number of carbonyl (C=O) groups excluding carboxylic acids is 1. The molecule has 0 bridgehead atoms. The van der Waals surface area contributed by atoms with Crippen molar-refractivity contribution in [2.75, 3.05) is 5.23 Å². The van der Waals surface area contributed by atoms with Crippen molar-refractivity contribution in [3.8, 4) is 6.07 Å². The largest absolute Gasteiger partial charge is 0.733 e. The van der Waals surface area contributed by atoms with Gasteiger partial charge in [-0.1, -0.05) is 48.2 Å². The number of thioether (sulfide) groups is 1. The standard InChI is InChI=1S/C20H11N4O3S3/c21-10-13(18-22-15-6-1-2-7-16(15)29-18)11-23-19(25)17(30-20(23)28)9-12-4-3-5-14(8-12)24(26)27/h1-9,11,26H/q-1/b13-11+,17-9-. The highest BCUT2D eigenvalue weighted by molar-refractivity contribution is 8.26. The van der Waals surface area contributed by atoms with Crippen molar-refractivity contribution >= 4 is 73.1 Å². The molecule has 3 aromatic rings. The third-order valence-corrected chi connectivity index (χ3v) is 6.52. The number of amides is 1. The summed E-state index contributed by atoms with van der Waals surface area (Å²) in [5, 5.41) is 30.0. The molecule has 1 fully saturated rings. The predicted molar refractivity (Wildman–Crippen MR) is 122 cm³/mol. The molecule has 1 aliphatic rings. The molecule has 0 aliphatic carbocycles. The summed E-state index contributed by atoms with van der Waals surface area (Å²) in [5.74, 6) is -0.382. The molecule has 0 unspecified atom stereocenters. The van der Waals surface area contributed by atoms with Crippen LogP contribution in [0.1, 0.15) is 10.6 Å². The zero-order chi connectivity index (χ0) is 21.3. The van der Waals surface area contributed by atoms with E-state index in [-0.39, 0.29) is 26.7 Å². The van der Waals surface area contributed by atoms with Crippen molar-refractivity contribution in [3.63, 3.8) is 0 Å². The van der Waals surface area contributed by atoms with Gasteiger partial charge in [0.05, 0.1) is 20.8 Å². The Labute approximate surface area is 184 Å². The normalized spacial score (nSPS) is 15.8. The number of allylic oxidation sites excluding steroid dienone is 1. The minimum Gasteiger partial charge on any atom is -0.733 e. The molecule has 7 nitrogen and oxygen atoms in total. The molecule has 4 rings (SSSR count). The van der Waals surface area contributed by atoms with Crippen LogP contribution in [0.4, 0.5) is 5.69 Å². The maximum Gasteiger partial charge on any atom is 0.270 e. The molecule has 2 heterocycles. The van der Waals surface area contributed by atoms with Crippen molar-refractivity contribution < 1.29 is 10.0 Å². The van der Waals surface area contributed by atoms with Crippen LogP contribution in [0.25, 0.3) is 21.9 Å². The number of anilines is 1. The van der Waals surface area contributed by atoms with E-state index in [1.165, 1.54) is 34.6 Å². The number of para-hydroxylation sites is 1. The molecule has 1 saturated heterocycles. The topological polar surface area (TPSA) is 104 Å². The van der Waals surface area contributed by atoms with E-state index >= 15 is 0 Å². The fourth-order valence-electron chi connectivity index (χ4n) is 2.72. The van der Waals surface area contributed by atoms with E-state index in [9.17, 15) is 15.3 Å². The number of rotatable bonds is 4. The molecule has 10 heteroatoms. The predicted octanol–water partition coefficient (Wildman–Crippen LogP) is 4.76. The van der Waals surface area contributed by atoms with Gasteiger partial charge in [0.1, 0.15) is 16.6 Å².